The van der Waals surface area contributed by atoms with E-state index < -0.39 is 12.0 Å². The van der Waals surface area contributed by atoms with Gasteiger partial charge in [0.15, 0.2) is 12.2 Å². The van der Waals surface area contributed by atoms with Gasteiger partial charge in [0, 0.05) is 19.7 Å². The molecule has 1 fully saturated rings. The Morgan fingerprint density at radius 2 is 2.04 bits per heavy atom. The molecule has 7 heteroatoms. The van der Waals surface area contributed by atoms with Gasteiger partial charge in [-0.05, 0) is 24.5 Å². The highest BCUT2D eigenvalue weighted by Gasteiger charge is 2.49. The number of likely N-dealkylation sites (N-methyl/N-ethyl adjacent to an activating group) is 1. The number of guanidine groups is 1. The molecule has 2 N–H and O–H groups in total. The van der Waals surface area contributed by atoms with E-state index in [1.54, 1.807) is 19.2 Å². The number of alkyl halides is 2. The molecule has 0 amide bonds. The first-order valence-electron chi connectivity index (χ1n) is 9.57. The summed E-state index contributed by atoms with van der Waals surface area (Å²) >= 11 is 0. The molecule has 150 valence electrons. The second-order valence-electron chi connectivity index (χ2n) is 7.64. The summed E-state index contributed by atoms with van der Waals surface area (Å²) in [5.74, 6) is 1.37. The van der Waals surface area contributed by atoms with Gasteiger partial charge in [-0.1, -0.05) is 44.2 Å². The van der Waals surface area contributed by atoms with Crippen LogP contribution in [0.5, 0.6) is 5.75 Å². The van der Waals surface area contributed by atoms with E-state index in [4.69, 9.17) is 20.2 Å². The van der Waals surface area contributed by atoms with Crippen LogP contribution in [-0.4, -0.2) is 43.4 Å². The zero-order valence-electron chi connectivity index (χ0n) is 16.0. The minimum Gasteiger partial charge on any atom is -0.491 e. The SMILES string of the molecule is COC1N(C)C(N)=NC1(COc1cccc(C(F)F)c1)CC1CCCCC1. The average Bonchev–Trinajstić information content (AvgIpc) is 2.91. The van der Waals surface area contributed by atoms with Crippen LogP contribution in [0.15, 0.2) is 29.3 Å². The molecule has 5 nitrogen and oxygen atoms in total. The Morgan fingerprint density at radius 3 is 2.70 bits per heavy atom. The van der Waals surface area contributed by atoms with Crippen molar-refractivity contribution in [2.75, 3.05) is 20.8 Å². The molecule has 3 rings (SSSR count). The van der Waals surface area contributed by atoms with Crippen LogP contribution in [0.3, 0.4) is 0 Å². The highest BCUT2D eigenvalue weighted by atomic mass is 19.3. The van der Waals surface area contributed by atoms with E-state index in [-0.39, 0.29) is 18.4 Å². The Kier molecular flexibility index (Phi) is 6.19. The van der Waals surface area contributed by atoms with Crippen LogP contribution in [0.2, 0.25) is 0 Å². The maximum atomic E-state index is 13.0. The van der Waals surface area contributed by atoms with Gasteiger partial charge in [0.1, 0.15) is 17.9 Å². The van der Waals surface area contributed by atoms with E-state index in [9.17, 15) is 8.78 Å². The van der Waals surface area contributed by atoms with E-state index >= 15 is 0 Å². The predicted molar refractivity (Wildman–Crippen MR) is 101 cm³/mol. The van der Waals surface area contributed by atoms with Gasteiger partial charge in [0.2, 0.25) is 0 Å². The Morgan fingerprint density at radius 1 is 1.30 bits per heavy atom. The summed E-state index contributed by atoms with van der Waals surface area (Å²) in [6.07, 6.45) is 4.01. The zero-order valence-corrected chi connectivity index (χ0v) is 16.0. The van der Waals surface area contributed by atoms with Crippen LogP contribution in [0.1, 0.15) is 50.5 Å². The second kappa shape index (κ2) is 8.42. The number of ether oxygens (including phenoxy) is 2. The van der Waals surface area contributed by atoms with Crippen molar-refractivity contribution in [3.05, 3.63) is 29.8 Å². The maximum absolute atomic E-state index is 13.0. The number of aliphatic imine (C=N–C) groups is 1. The number of nitrogens with two attached hydrogens (primary N) is 1. The van der Waals surface area contributed by atoms with Gasteiger partial charge in [0.25, 0.3) is 6.43 Å². The lowest BCUT2D eigenvalue weighted by Crippen LogP contribution is -2.51. The Balaban J connectivity index is 1.80. The Labute approximate surface area is 159 Å². The molecule has 0 aromatic heterocycles. The van der Waals surface area contributed by atoms with Crippen LogP contribution >= 0.6 is 0 Å². The number of benzene rings is 1. The average molecular weight is 381 g/mol. The molecule has 0 bridgehead atoms. The third-order valence-electron chi connectivity index (χ3n) is 5.70. The smallest absolute Gasteiger partial charge is 0.263 e. The molecule has 0 radical (unpaired) electrons. The first kappa shape index (κ1) is 19.9. The lowest BCUT2D eigenvalue weighted by molar-refractivity contribution is -0.0475. The Bertz CT molecular complexity index is 664. The summed E-state index contributed by atoms with van der Waals surface area (Å²) in [4.78, 5) is 6.56. The van der Waals surface area contributed by atoms with Crippen LogP contribution in [0.25, 0.3) is 0 Å². The van der Waals surface area contributed by atoms with Gasteiger partial charge >= 0.3 is 0 Å². The Hall–Kier alpha value is -1.89. The van der Waals surface area contributed by atoms with E-state index in [2.05, 4.69) is 0 Å². The second-order valence-corrected chi connectivity index (χ2v) is 7.64. The van der Waals surface area contributed by atoms with Crippen LogP contribution in [-0.2, 0) is 4.74 Å². The van der Waals surface area contributed by atoms with Gasteiger partial charge in [-0.15, -0.1) is 0 Å². The van der Waals surface area contributed by atoms with Crippen molar-refractivity contribution in [1.29, 1.82) is 0 Å². The molecule has 1 aliphatic heterocycles. The van der Waals surface area contributed by atoms with Gasteiger partial charge in [-0.25, -0.2) is 13.8 Å². The van der Waals surface area contributed by atoms with E-state index in [0.29, 0.717) is 17.6 Å². The monoisotopic (exact) mass is 381 g/mol. The number of methoxy groups -OCH3 is 1. The number of rotatable bonds is 7. The lowest BCUT2D eigenvalue weighted by atomic mass is 9.79. The number of halogens is 2. The van der Waals surface area contributed by atoms with Crippen molar-refractivity contribution in [3.63, 3.8) is 0 Å². The summed E-state index contributed by atoms with van der Waals surface area (Å²) < 4.78 is 37.6. The number of hydrogen-bond acceptors (Lipinski definition) is 5. The summed E-state index contributed by atoms with van der Waals surface area (Å²) in [5.41, 5.74) is 5.40. The highest BCUT2D eigenvalue weighted by Crippen LogP contribution is 2.39. The first-order valence-corrected chi connectivity index (χ1v) is 9.57. The molecule has 1 saturated carbocycles. The van der Waals surface area contributed by atoms with Crippen molar-refractivity contribution in [2.45, 2.75) is 56.7 Å². The molecule has 0 saturated heterocycles. The van der Waals surface area contributed by atoms with Crippen LogP contribution in [0, 0.1) is 5.92 Å². The van der Waals surface area contributed by atoms with Crippen molar-refractivity contribution < 1.29 is 18.3 Å². The summed E-state index contributed by atoms with van der Waals surface area (Å²) in [5, 5.41) is 0. The van der Waals surface area contributed by atoms with Gasteiger partial charge in [0.05, 0.1) is 0 Å². The maximum Gasteiger partial charge on any atom is 0.263 e. The molecule has 1 heterocycles. The fourth-order valence-electron chi connectivity index (χ4n) is 4.37. The minimum absolute atomic E-state index is 0.0522. The fourth-order valence-corrected chi connectivity index (χ4v) is 4.37. The van der Waals surface area contributed by atoms with Gasteiger partial charge in [-0.2, -0.15) is 0 Å². The van der Waals surface area contributed by atoms with Crippen molar-refractivity contribution >= 4 is 5.96 Å². The van der Waals surface area contributed by atoms with Crippen molar-refractivity contribution in [2.24, 2.45) is 16.6 Å². The topological polar surface area (TPSA) is 60.1 Å². The fraction of sp³-hybridized carbons (Fsp3) is 0.650. The van der Waals surface area contributed by atoms with Gasteiger partial charge < -0.3 is 20.1 Å². The highest BCUT2D eigenvalue weighted by molar-refractivity contribution is 5.80. The van der Waals surface area contributed by atoms with Crippen LogP contribution < -0.4 is 10.5 Å². The van der Waals surface area contributed by atoms with E-state index in [0.717, 1.165) is 19.3 Å². The molecule has 1 aromatic carbocycles. The largest absolute Gasteiger partial charge is 0.491 e. The molecule has 2 unspecified atom stereocenters. The molecular formula is C20H29F2N3O2. The van der Waals surface area contributed by atoms with Gasteiger partial charge in [-0.3, -0.25) is 0 Å². The number of nitrogens with zero attached hydrogens (tertiary/aromatic N) is 2. The standard InChI is InChI=1S/C20H29F2N3O2/c1-25-18(26-2)20(24-19(25)23,12-14-7-4-3-5-8-14)13-27-16-10-6-9-15(11-16)17(21)22/h6,9-11,14,17-18H,3-5,7-8,12-13H2,1-2H3,(H2,23,24). The minimum atomic E-state index is -2.53. The van der Waals surface area contributed by atoms with Crippen molar-refractivity contribution in [3.8, 4) is 5.75 Å². The van der Waals surface area contributed by atoms with E-state index in [1.807, 2.05) is 11.9 Å². The third-order valence-corrected chi connectivity index (χ3v) is 5.70. The normalized spacial score (nSPS) is 26.5. The molecular weight excluding hydrogens is 352 g/mol. The molecule has 2 aliphatic rings. The summed E-state index contributed by atoms with van der Waals surface area (Å²) in [7, 11) is 3.50. The van der Waals surface area contributed by atoms with Crippen molar-refractivity contribution in [1.82, 2.24) is 4.90 Å². The van der Waals surface area contributed by atoms with E-state index in [1.165, 1.54) is 31.4 Å². The molecule has 27 heavy (non-hydrogen) atoms. The molecule has 1 aliphatic carbocycles. The zero-order chi connectivity index (χ0) is 19.4. The van der Waals surface area contributed by atoms with Crippen LogP contribution in [0.4, 0.5) is 8.78 Å². The molecule has 0 spiro atoms. The number of hydrogen-bond donors (Lipinski definition) is 1. The molecule has 2 atom stereocenters. The third kappa shape index (κ3) is 4.34. The quantitative estimate of drug-likeness (QED) is 0.777. The molecule has 1 aromatic rings. The lowest BCUT2D eigenvalue weighted by Gasteiger charge is -2.37. The summed E-state index contributed by atoms with van der Waals surface area (Å²) in [6.45, 7) is 0.236. The summed E-state index contributed by atoms with van der Waals surface area (Å²) in [6, 6.07) is 6.05. The predicted octanol–water partition coefficient (Wildman–Crippen LogP) is 3.94. The first-order chi connectivity index (χ1) is 12.9.